The number of nitrogens with one attached hydrogen (secondary N) is 3. The normalized spacial score (nSPS) is 20.6. The third-order valence-corrected chi connectivity index (χ3v) is 9.68. The second-order valence-corrected chi connectivity index (χ2v) is 13.5. The summed E-state index contributed by atoms with van der Waals surface area (Å²) in [5.74, 6) is -5.17. The van der Waals surface area contributed by atoms with Crippen molar-refractivity contribution in [1.82, 2.24) is 19.8 Å². The van der Waals surface area contributed by atoms with Gasteiger partial charge in [-0.1, -0.05) is 30.3 Å². The fraction of sp³-hybridized carbons (Fsp3) is 0.484. The summed E-state index contributed by atoms with van der Waals surface area (Å²) in [4.78, 5) is 65.8. The van der Waals surface area contributed by atoms with Crippen LogP contribution in [0.15, 0.2) is 47.4 Å². The number of hydrogen-bond donors (Lipinski definition) is 4. The number of carbonyl (C=O) groups is 5. The first-order valence-electron chi connectivity index (χ1n) is 15.3. The number of rotatable bonds is 10. The molecule has 2 heterocycles. The van der Waals surface area contributed by atoms with Gasteiger partial charge in [-0.25, -0.2) is 8.42 Å². The van der Waals surface area contributed by atoms with E-state index in [0.717, 1.165) is 25.2 Å². The van der Waals surface area contributed by atoms with Gasteiger partial charge < -0.3 is 30.3 Å². The van der Waals surface area contributed by atoms with E-state index in [9.17, 15) is 32.4 Å². The number of sulfonamides is 1. The van der Waals surface area contributed by atoms with Gasteiger partial charge >= 0.3 is 17.9 Å². The zero-order valence-electron chi connectivity index (χ0n) is 26.3. The molecule has 0 aromatic heterocycles. The first kappa shape index (κ1) is 35.3. The second-order valence-electron chi connectivity index (χ2n) is 11.8. The molecule has 0 radical (unpaired) electrons. The minimum Gasteiger partial charge on any atom is -0.461 e. The Balaban J connectivity index is 1.53. The predicted molar refractivity (Wildman–Crippen MR) is 169 cm³/mol. The van der Waals surface area contributed by atoms with Gasteiger partial charge in [-0.05, 0) is 41.7 Å². The maximum atomic E-state index is 13.6. The fourth-order valence-electron chi connectivity index (χ4n) is 5.86. The molecule has 4 rings (SSSR count). The van der Waals surface area contributed by atoms with Crippen LogP contribution in [0.2, 0.25) is 0 Å². The Morgan fingerprint density at radius 1 is 0.979 bits per heavy atom. The third-order valence-electron chi connectivity index (χ3n) is 8.22. The quantitative estimate of drug-likeness (QED) is 0.118. The van der Waals surface area contributed by atoms with E-state index in [0.29, 0.717) is 18.5 Å². The monoisotopic (exact) mass is 672 g/mol. The maximum Gasteiger partial charge on any atom is 0.322 e. The lowest BCUT2D eigenvalue weighted by molar-refractivity contribution is -0.171. The number of nitrogens with two attached hydrogens (primary N) is 1. The lowest BCUT2D eigenvalue weighted by Gasteiger charge is -2.37. The molecular weight excluding hydrogens is 632 g/mol. The Kier molecular flexibility index (Phi) is 11.5. The number of benzene rings is 2. The Bertz CT molecular complexity index is 1650. The van der Waals surface area contributed by atoms with E-state index >= 15 is 0 Å². The van der Waals surface area contributed by atoms with E-state index in [1.54, 1.807) is 23.1 Å². The molecule has 0 unspecified atom stereocenters. The van der Waals surface area contributed by atoms with Crippen LogP contribution >= 0.6 is 0 Å². The predicted octanol–water partition coefficient (Wildman–Crippen LogP) is 0.468. The maximum absolute atomic E-state index is 13.6. The summed E-state index contributed by atoms with van der Waals surface area (Å²) >= 11 is 0. The zero-order chi connectivity index (χ0) is 34.3. The average Bonchev–Trinajstić information content (AvgIpc) is 3.02. The first-order valence-corrected chi connectivity index (χ1v) is 16.8. The van der Waals surface area contributed by atoms with Gasteiger partial charge in [0.1, 0.15) is 18.1 Å². The molecule has 2 aromatic rings. The molecule has 254 valence electrons. The summed E-state index contributed by atoms with van der Waals surface area (Å²) in [6, 6.07) is 10.2. The number of likely N-dealkylation sites (tertiary alicyclic amines) is 2. The fourth-order valence-corrected chi connectivity index (χ4v) is 7.09. The molecule has 5 N–H and O–H groups in total. The van der Waals surface area contributed by atoms with Crippen LogP contribution in [0.3, 0.4) is 0 Å². The van der Waals surface area contributed by atoms with Crippen LogP contribution in [0.4, 0.5) is 0 Å². The highest BCUT2D eigenvalue weighted by Gasteiger charge is 2.41. The summed E-state index contributed by atoms with van der Waals surface area (Å²) in [6.45, 7) is 3.19. The molecule has 2 amide bonds. The van der Waals surface area contributed by atoms with Gasteiger partial charge in [0.05, 0.1) is 11.3 Å². The van der Waals surface area contributed by atoms with Crippen molar-refractivity contribution in [1.29, 1.82) is 5.41 Å². The Labute approximate surface area is 272 Å². The highest BCUT2D eigenvalue weighted by Crippen LogP contribution is 2.24. The number of hydrogen-bond acceptors (Lipinski definition) is 10. The van der Waals surface area contributed by atoms with Crippen molar-refractivity contribution in [2.75, 3.05) is 32.7 Å². The van der Waals surface area contributed by atoms with Crippen LogP contribution in [0.1, 0.15) is 39.5 Å². The van der Waals surface area contributed by atoms with Crippen molar-refractivity contribution in [2.45, 2.75) is 56.6 Å². The molecule has 2 saturated heterocycles. The van der Waals surface area contributed by atoms with Crippen molar-refractivity contribution in [3.05, 3.63) is 42.5 Å². The van der Waals surface area contributed by atoms with Crippen molar-refractivity contribution in [3.8, 4) is 0 Å². The molecule has 0 aliphatic carbocycles. The molecule has 2 aliphatic heterocycles. The van der Waals surface area contributed by atoms with Crippen LogP contribution in [-0.2, 0) is 43.5 Å². The molecule has 47 heavy (non-hydrogen) atoms. The number of piperidine rings is 2. The second kappa shape index (κ2) is 15.3. The van der Waals surface area contributed by atoms with E-state index in [-0.39, 0.29) is 42.8 Å². The molecule has 2 aromatic carbocycles. The minimum absolute atomic E-state index is 0.0371. The van der Waals surface area contributed by atoms with Crippen molar-refractivity contribution in [3.63, 3.8) is 0 Å². The van der Waals surface area contributed by atoms with E-state index in [1.165, 1.54) is 24.0 Å². The van der Waals surface area contributed by atoms with E-state index < -0.39 is 64.2 Å². The molecule has 0 bridgehead atoms. The summed E-state index contributed by atoms with van der Waals surface area (Å²) in [6.07, 6.45) is 0.0320. The number of amides is 2. The minimum atomic E-state index is -4.30. The van der Waals surface area contributed by atoms with Crippen molar-refractivity contribution in [2.24, 2.45) is 17.6 Å². The van der Waals surface area contributed by atoms with E-state index in [1.807, 2.05) is 12.1 Å². The Hall–Kier alpha value is -4.57. The molecule has 2 fully saturated rings. The van der Waals surface area contributed by atoms with E-state index in [4.69, 9.17) is 20.6 Å². The lowest BCUT2D eigenvalue weighted by Crippen LogP contribution is -2.54. The van der Waals surface area contributed by atoms with Crippen molar-refractivity contribution >= 4 is 56.5 Å². The van der Waals surface area contributed by atoms with Crippen LogP contribution < -0.4 is 15.8 Å². The topological polar surface area (TPSA) is 218 Å². The highest BCUT2D eigenvalue weighted by atomic mass is 32.2. The molecular formula is C31H40N6O9S. The lowest BCUT2D eigenvalue weighted by atomic mass is 9.94. The van der Waals surface area contributed by atoms with Crippen LogP contribution in [0, 0.1) is 17.2 Å². The van der Waals surface area contributed by atoms with Crippen LogP contribution in [0.5, 0.6) is 0 Å². The van der Waals surface area contributed by atoms with Gasteiger partial charge in [0, 0.05) is 53.0 Å². The van der Waals surface area contributed by atoms with Gasteiger partial charge in [-0.2, -0.15) is 4.72 Å². The smallest absolute Gasteiger partial charge is 0.322 e. The number of esters is 3. The SMILES string of the molecule is CC(=O)OC(=O)[C@H]1CN(C(=O)C[C@@H](NS(=O)(=O)c2ccc3ccccc3c2)C(=O)NC[C@@H]2CCCN(C(=N)N)C2)CC[C@@H]1OC(C)=O. The van der Waals surface area contributed by atoms with Gasteiger partial charge in [0.15, 0.2) is 5.96 Å². The van der Waals surface area contributed by atoms with Crippen LogP contribution in [-0.4, -0.2) is 98.8 Å². The summed E-state index contributed by atoms with van der Waals surface area (Å²) in [5.41, 5.74) is 5.64. The molecule has 0 saturated carbocycles. The van der Waals surface area contributed by atoms with Crippen LogP contribution in [0.25, 0.3) is 10.8 Å². The van der Waals surface area contributed by atoms with Gasteiger partial charge in [0.2, 0.25) is 21.8 Å². The standard InChI is InChI=1S/C31H40N6O9S/c1-19(38)45-27-11-13-36(18-25(27)30(42)46-20(2)39)28(40)15-26(29(41)34-16-21-6-5-12-37(17-21)31(32)33)35-47(43,44)24-10-9-22-7-3-4-8-23(22)14-24/h3-4,7-10,14,21,25-27,35H,5-6,11-13,15-18H2,1-2H3,(H3,32,33)(H,34,41)/t21-,25-,26+,27-/m0/s1. The average molecular weight is 673 g/mol. The zero-order valence-corrected chi connectivity index (χ0v) is 27.1. The van der Waals surface area contributed by atoms with Gasteiger partial charge in [0.25, 0.3) is 0 Å². The number of guanidine groups is 1. The first-order chi connectivity index (χ1) is 22.2. The summed E-state index contributed by atoms with van der Waals surface area (Å²) in [5, 5.41) is 12.0. The number of ether oxygens (including phenoxy) is 2. The van der Waals surface area contributed by atoms with Gasteiger partial charge in [-0.3, -0.25) is 29.4 Å². The molecule has 0 spiro atoms. The van der Waals surface area contributed by atoms with Crippen molar-refractivity contribution < 1.29 is 41.9 Å². The Morgan fingerprint density at radius 3 is 2.38 bits per heavy atom. The largest absolute Gasteiger partial charge is 0.461 e. The number of fused-ring (bicyclic) bond motifs is 1. The summed E-state index contributed by atoms with van der Waals surface area (Å²) in [7, 11) is -4.30. The van der Waals surface area contributed by atoms with E-state index in [2.05, 4.69) is 10.0 Å². The Morgan fingerprint density at radius 2 is 1.70 bits per heavy atom. The number of nitrogens with zero attached hydrogens (tertiary/aromatic N) is 2. The highest BCUT2D eigenvalue weighted by molar-refractivity contribution is 7.89. The molecule has 4 atom stereocenters. The molecule has 16 heteroatoms. The number of carbonyl (C=O) groups excluding carboxylic acids is 5. The summed E-state index contributed by atoms with van der Waals surface area (Å²) < 4.78 is 39.5. The molecule has 15 nitrogen and oxygen atoms in total. The van der Waals surface area contributed by atoms with Gasteiger partial charge in [-0.15, -0.1) is 0 Å². The third kappa shape index (κ3) is 9.48. The molecule has 2 aliphatic rings.